The van der Waals surface area contributed by atoms with E-state index in [9.17, 15) is 13.2 Å². The van der Waals surface area contributed by atoms with Gasteiger partial charge >= 0.3 is 5.63 Å². The van der Waals surface area contributed by atoms with E-state index < -0.39 is 10.0 Å². The van der Waals surface area contributed by atoms with Crippen molar-refractivity contribution in [2.24, 2.45) is 5.92 Å². The lowest BCUT2D eigenvalue weighted by atomic mass is 9.86. The van der Waals surface area contributed by atoms with E-state index in [4.69, 9.17) is 4.42 Å². The normalized spacial score (nSPS) is 21.2. The first kappa shape index (κ1) is 18.9. The first-order valence-corrected chi connectivity index (χ1v) is 10.7. The second-order valence-corrected chi connectivity index (χ2v) is 9.59. The first-order valence-electron chi connectivity index (χ1n) is 9.12. The molecule has 1 aliphatic carbocycles. The van der Waals surface area contributed by atoms with Gasteiger partial charge in [0.05, 0.1) is 5.25 Å². The van der Waals surface area contributed by atoms with Crippen molar-refractivity contribution in [3.05, 3.63) is 40.8 Å². The minimum Gasteiger partial charge on any atom is -0.423 e. The average molecular weight is 378 g/mol. The van der Waals surface area contributed by atoms with E-state index in [0.29, 0.717) is 11.5 Å². The molecule has 0 bridgehead atoms. The fourth-order valence-electron chi connectivity index (χ4n) is 3.30. The molecule has 0 radical (unpaired) electrons. The maximum atomic E-state index is 12.0. The predicted octanol–water partition coefficient (Wildman–Crippen LogP) is 3.09. The largest absolute Gasteiger partial charge is 0.423 e. The van der Waals surface area contributed by atoms with Gasteiger partial charge in [0.25, 0.3) is 0 Å². The second-order valence-electron chi connectivity index (χ2n) is 7.32. The Bertz CT molecular complexity index is 913. The van der Waals surface area contributed by atoms with Crippen LogP contribution in [0.3, 0.4) is 0 Å². The topological polar surface area (TPSA) is 88.4 Å². The Morgan fingerprint density at radius 1 is 1.12 bits per heavy atom. The number of hydrogen-bond acceptors (Lipinski definition) is 5. The van der Waals surface area contributed by atoms with Crippen molar-refractivity contribution in [1.82, 2.24) is 4.72 Å². The number of anilines is 1. The van der Waals surface area contributed by atoms with Gasteiger partial charge in [-0.25, -0.2) is 17.9 Å². The van der Waals surface area contributed by atoms with Crippen LogP contribution in [0.2, 0.25) is 0 Å². The molecule has 2 aromatic rings. The molecule has 7 heteroatoms. The summed E-state index contributed by atoms with van der Waals surface area (Å²) in [6.07, 6.45) is 3.75. The predicted molar refractivity (Wildman–Crippen MR) is 104 cm³/mol. The summed E-state index contributed by atoms with van der Waals surface area (Å²) in [5.74, 6) is 0.527. The molecule has 0 aliphatic heterocycles. The Balaban J connectivity index is 1.51. The second kappa shape index (κ2) is 7.80. The van der Waals surface area contributed by atoms with Gasteiger partial charge in [0.1, 0.15) is 5.58 Å². The molecule has 6 nitrogen and oxygen atoms in total. The lowest BCUT2D eigenvalue weighted by Crippen LogP contribution is -2.41. The summed E-state index contributed by atoms with van der Waals surface area (Å²) < 4.78 is 31.9. The molecule has 0 spiro atoms. The molecule has 2 N–H and O–H groups in total. The van der Waals surface area contributed by atoms with Gasteiger partial charge < -0.3 is 9.73 Å². The monoisotopic (exact) mass is 378 g/mol. The van der Waals surface area contributed by atoms with Crippen molar-refractivity contribution in [2.75, 3.05) is 11.9 Å². The summed E-state index contributed by atoms with van der Waals surface area (Å²) in [6.45, 7) is 4.26. The molecule has 142 valence electrons. The Morgan fingerprint density at radius 2 is 1.85 bits per heavy atom. The van der Waals surface area contributed by atoms with Gasteiger partial charge in [0.15, 0.2) is 0 Å². The Morgan fingerprint density at radius 3 is 2.54 bits per heavy atom. The van der Waals surface area contributed by atoms with Gasteiger partial charge in [0, 0.05) is 29.7 Å². The third-order valence-electron chi connectivity index (χ3n) is 5.01. The fourth-order valence-corrected chi connectivity index (χ4v) is 4.27. The zero-order valence-electron chi connectivity index (χ0n) is 15.2. The third kappa shape index (κ3) is 4.65. The van der Waals surface area contributed by atoms with Gasteiger partial charge in [0.2, 0.25) is 10.0 Å². The van der Waals surface area contributed by atoms with E-state index in [1.807, 2.05) is 12.1 Å². The van der Waals surface area contributed by atoms with Crippen molar-refractivity contribution in [3.63, 3.8) is 0 Å². The summed E-state index contributed by atoms with van der Waals surface area (Å²) in [7, 11) is -3.19. The zero-order chi connectivity index (χ0) is 18.7. The molecule has 0 atom stereocenters. The molecule has 3 rings (SSSR count). The molecular formula is C19H26N2O4S. The number of rotatable bonds is 6. The molecular weight excluding hydrogens is 352 g/mol. The summed E-state index contributed by atoms with van der Waals surface area (Å²) >= 11 is 0. The number of nitrogens with one attached hydrogen (secondary N) is 2. The molecule has 0 saturated heterocycles. The summed E-state index contributed by atoms with van der Waals surface area (Å²) in [4.78, 5) is 11.2. The van der Waals surface area contributed by atoms with Gasteiger partial charge in [-0.3, -0.25) is 0 Å². The van der Waals surface area contributed by atoms with Gasteiger partial charge in [-0.2, -0.15) is 0 Å². The van der Waals surface area contributed by atoms with Crippen LogP contribution in [0.25, 0.3) is 11.0 Å². The van der Waals surface area contributed by atoms with Crippen LogP contribution < -0.4 is 15.7 Å². The molecule has 1 aromatic heterocycles. The van der Waals surface area contributed by atoms with Gasteiger partial charge in [-0.1, -0.05) is 0 Å². The van der Waals surface area contributed by atoms with E-state index in [0.717, 1.165) is 43.3 Å². The van der Waals surface area contributed by atoms with Crippen LogP contribution >= 0.6 is 0 Å². The smallest absolute Gasteiger partial charge is 0.336 e. The molecule has 26 heavy (non-hydrogen) atoms. The maximum Gasteiger partial charge on any atom is 0.336 e. The van der Waals surface area contributed by atoms with Crippen LogP contribution in [0, 0.1) is 5.92 Å². The van der Waals surface area contributed by atoms with Crippen molar-refractivity contribution in [2.45, 2.75) is 50.8 Å². The fraction of sp³-hybridized carbons (Fsp3) is 0.526. The van der Waals surface area contributed by atoms with E-state index in [2.05, 4.69) is 10.0 Å². The molecule has 1 aromatic carbocycles. The summed E-state index contributed by atoms with van der Waals surface area (Å²) in [6, 6.07) is 8.93. The number of sulfonamides is 1. The van der Waals surface area contributed by atoms with Crippen LogP contribution in [-0.2, 0) is 10.0 Å². The van der Waals surface area contributed by atoms with E-state index in [-0.39, 0.29) is 16.9 Å². The highest BCUT2D eigenvalue weighted by molar-refractivity contribution is 7.90. The lowest BCUT2D eigenvalue weighted by Gasteiger charge is -2.29. The quantitative estimate of drug-likeness (QED) is 0.754. The van der Waals surface area contributed by atoms with E-state index >= 15 is 0 Å². The average Bonchev–Trinajstić information content (AvgIpc) is 2.60. The molecule has 1 aliphatic rings. The molecule has 0 amide bonds. The van der Waals surface area contributed by atoms with Crippen LogP contribution in [0.5, 0.6) is 0 Å². The van der Waals surface area contributed by atoms with E-state index in [1.165, 1.54) is 6.07 Å². The van der Waals surface area contributed by atoms with Crippen LogP contribution in [-0.4, -0.2) is 26.3 Å². The highest BCUT2D eigenvalue weighted by Gasteiger charge is 2.26. The Labute approximate surface area is 154 Å². The van der Waals surface area contributed by atoms with Gasteiger partial charge in [-0.15, -0.1) is 0 Å². The van der Waals surface area contributed by atoms with Crippen molar-refractivity contribution >= 4 is 26.7 Å². The zero-order valence-corrected chi connectivity index (χ0v) is 16.0. The number of hydrogen-bond donors (Lipinski definition) is 2. The Kier molecular flexibility index (Phi) is 5.67. The third-order valence-corrected chi connectivity index (χ3v) is 6.92. The lowest BCUT2D eigenvalue weighted by molar-refractivity contribution is 0.323. The minimum atomic E-state index is -3.19. The van der Waals surface area contributed by atoms with Crippen LogP contribution in [0.15, 0.2) is 39.5 Å². The van der Waals surface area contributed by atoms with Crippen molar-refractivity contribution < 1.29 is 12.8 Å². The molecule has 1 saturated carbocycles. The van der Waals surface area contributed by atoms with Gasteiger partial charge in [-0.05, 0) is 69.7 Å². The van der Waals surface area contributed by atoms with Crippen LogP contribution in [0.1, 0.15) is 39.5 Å². The maximum absolute atomic E-state index is 12.0. The minimum absolute atomic E-state index is 0.0576. The molecule has 0 unspecified atom stereocenters. The SMILES string of the molecule is CC(C)S(=O)(=O)N[C@H]1CC[C@H](CNc2ccc3oc(=O)ccc3c2)CC1. The van der Waals surface area contributed by atoms with E-state index in [1.54, 1.807) is 26.0 Å². The first-order chi connectivity index (χ1) is 12.3. The highest BCUT2D eigenvalue weighted by atomic mass is 32.2. The number of fused-ring (bicyclic) bond motifs is 1. The number of benzene rings is 1. The van der Waals surface area contributed by atoms with Crippen molar-refractivity contribution in [1.29, 1.82) is 0 Å². The highest BCUT2D eigenvalue weighted by Crippen LogP contribution is 2.26. The standard InChI is InChI=1S/C19H26N2O4S/c1-13(2)26(23,24)21-16-6-3-14(4-7-16)12-20-17-8-9-18-15(11-17)5-10-19(22)25-18/h5,8-11,13-14,16,20-21H,3-4,6-7,12H2,1-2H3/t14-,16-. The van der Waals surface area contributed by atoms with Crippen LogP contribution in [0.4, 0.5) is 5.69 Å². The summed E-state index contributed by atoms with van der Waals surface area (Å²) in [5, 5.41) is 3.94. The molecule has 1 fully saturated rings. The van der Waals surface area contributed by atoms with Crippen molar-refractivity contribution in [3.8, 4) is 0 Å². The molecule has 1 heterocycles. The Hall–Kier alpha value is -1.86. The summed E-state index contributed by atoms with van der Waals surface area (Å²) in [5.41, 5.74) is 1.23.